The molecule has 84 valence electrons. The van der Waals surface area contributed by atoms with Crippen LogP contribution >= 0.6 is 12.4 Å². The van der Waals surface area contributed by atoms with Gasteiger partial charge in [-0.25, -0.2) is 4.98 Å². The number of hydrogen-bond acceptors (Lipinski definition) is 3. The Hall–Kier alpha value is -1.56. The topological polar surface area (TPSA) is 103 Å². The van der Waals surface area contributed by atoms with Gasteiger partial charge in [-0.1, -0.05) is 0 Å². The van der Waals surface area contributed by atoms with Crippen molar-refractivity contribution in [3.05, 3.63) is 18.2 Å². The molecule has 3 N–H and O–H groups in total. The molecule has 1 rings (SSSR count). The van der Waals surface area contributed by atoms with Gasteiger partial charge in [0.25, 0.3) is 0 Å². The minimum atomic E-state index is -1.07. The largest absolute Gasteiger partial charge is 0.481 e. The Bertz CT molecular complexity index is 325. The van der Waals surface area contributed by atoms with E-state index in [-0.39, 0.29) is 25.2 Å². The Balaban J connectivity index is 0.00000196. The van der Waals surface area contributed by atoms with E-state index in [1.165, 1.54) is 12.4 Å². The maximum absolute atomic E-state index is 10.8. The van der Waals surface area contributed by atoms with Crippen LogP contribution < -0.4 is 0 Å². The summed E-state index contributed by atoms with van der Waals surface area (Å²) in [4.78, 5) is 27.5. The van der Waals surface area contributed by atoms with E-state index in [1.807, 2.05) is 0 Å². The van der Waals surface area contributed by atoms with Gasteiger partial charge in [0.1, 0.15) is 11.7 Å². The van der Waals surface area contributed by atoms with Crippen molar-refractivity contribution < 1.29 is 19.8 Å². The van der Waals surface area contributed by atoms with Crippen molar-refractivity contribution >= 4 is 24.3 Å². The number of carboxylic acids is 2. The maximum Gasteiger partial charge on any atom is 0.314 e. The second-order valence-corrected chi connectivity index (χ2v) is 2.80. The highest BCUT2D eigenvalue weighted by molar-refractivity contribution is 5.85. The summed E-state index contributed by atoms with van der Waals surface area (Å²) in [7, 11) is 0. The third-order valence-electron chi connectivity index (χ3n) is 1.79. The van der Waals surface area contributed by atoms with Crippen LogP contribution in [0.4, 0.5) is 0 Å². The van der Waals surface area contributed by atoms with Gasteiger partial charge in [0.15, 0.2) is 0 Å². The number of aliphatic carboxylic acids is 2. The van der Waals surface area contributed by atoms with Gasteiger partial charge < -0.3 is 15.2 Å². The molecule has 0 saturated heterocycles. The number of rotatable bonds is 5. The highest BCUT2D eigenvalue weighted by Gasteiger charge is 2.22. The summed E-state index contributed by atoms with van der Waals surface area (Å²) < 4.78 is 0. The molecule has 0 bridgehead atoms. The minimum absolute atomic E-state index is 0. The summed E-state index contributed by atoms with van der Waals surface area (Å²) >= 11 is 0. The molecule has 1 unspecified atom stereocenters. The average Bonchev–Trinajstić information content (AvgIpc) is 2.56. The van der Waals surface area contributed by atoms with E-state index in [2.05, 4.69) is 9.97 Å². The molecule has 0 amide bonds. The minimum Gasteiger partial charge on any atom is -0.481 e. The molecule has 0 radical (unpaired) electrons. The van der Waals surface area contributed by atoms with E-state index < -0.39 is 17.9 Å². The van der Waals surface area contributed by atoms with E-state index in [0.29, 0.717) is 5.82 Å². The number of halogens is 1. The number of H-pyrrole nitrogens is 1. The fraction of sp³-hybridized carbons (Fsp3) is 0.375. The van der Waals surface area contributed by atoms with Crippen molar-refractivity contribution in [1.29, 1.82) is 0 Å². The summed E-state index contributed by atoms with van der Waals surface area (Å²) in [6.45, 7) is 0. The van der Waals surface area contributed by atoms with Gasteiger partial charge in [-0.2, -0.15) is 0 Å². The number of carbonyl (C=O) groups is 2. The van der Waals surface area contributed by atoms with Crippen molar-refractivity contribution in [3.8, 4) is 0 Å². The van der Waals surface area contributed by atoms with Crippen LogP contribution in [0.15, 0.2) is 12.4 Å². The van der Waals surface area contributed by atoms with E-state index in [0.717, 1.165) is 0 Å². The fourth-order valence-electron chi connectivity index (χ4n) is 1.11. The normalized spacial score (nSPS) is 11.5. The molecule has 6 nitrogen and oxygen atoms in total. The molecule has 0 spiro atoms. The van der Waals surface area contributed by atoms with E-state index in [1.54, 1.807) is 0 Å². The van der Waals surface area contributed by atoms with Crippen molar-refractivity contribution in [1.82, 2.24) is 9.97 Å². The first-order valence-corrected chi connectivity index (χ1v) is 4.05. The fourth-order valence-corrected chi connectivity index (χ4v) is 1.11. The summed E-state index contributed by atoms with van der Waals surface area (Å²) in [5, 5.41) is 17.2. The Morgan fingerprint density at radius 2 is 2.13 bits per heavy atom. The molecule has 15 heavy (non-hydrogen) atoms. The molecule has 1 aromatic rings. The van der Waals surface area contributed by atoms with Crippen molar-refractivity contribution in [2.75, 3.05) is 0 Å². The first-order valence-electron chi connectivity index (χ1n) is 4.05. The molecule has 0 saturated carbocycles. The summed E-state index contributed by atoms with van der Waals surface area (Å²) in [5.41, 5.74) is 0. The highest BCUT2D eigenvalue weighted by Crippen LogP contribution is 2.17. The molecule has 0 fully saturated rings. The van der Waals surface area contributed by atoms with Crippen LogP contribution in [0.1, 0.15) is 24.6 Å². The molecule has 1 aromatic heterocycles. The standard InChI is InChI=1S/C8H10N2O4.ClH/c11-6(12)2-1-5(8(13)14)7-9-3-4-10-7;/h3-5H,1-2H2,(H,9,10)(H,11,12)(H,13,14);1H. The zero-order valence-electron chi connectivity index (χ0n) is 7.71. The van der Waals surface area contributed by atoms with Gasteiger partial charge in [-0.15, -0.1) is 12.4 Å². The first kappa shape index (κ1) is 13.4. The lowest BCUT2D eigenvalue weighted by Crippen LogP contribution is -2.14. The first-order chi connectivity index (χ1) is 6.61. The second kappa shape index (κ2) is 6.02. The monoisotopic (exact) mass is 234 g/mol. The third kappa shape index (κ3) is 3.99. The maximum atomic E-state index is 10.8. The number of nitrogens with one attached hydrogen (secondary N) is 1. The predicted octanol–water partition coefficient (Wildman–Crippen LogP) is 0.864. The number of imidazole rings is 1. The average molecular weight is 235 g/mol. The molecule has 0 aliphatic rings. The highest BCUT2D eigenvalue weighted by atomic mass is 35.5. The molecule has 0 aliphatic carbocycles. The zero-order chi connectivity index (χ0) is 10.6. The number of hydrogen-bond donors (Lipinski definition) is 3. The second-order valence-electron chi connectivity index (χ2n) is 2.80. The summed E-state index contributed by atoms with van der Waals surface area (Å²) in [6.07, 6.45) is 2.80. The molecule has 7 heteroatoms. The van der Waals surface area contributed by atoms with Crippen molar-refractivity contribution in [3.63, 3.8) is 0 Å². The van der Waals surface area contributed by atoms with Crippen LogP contribution in [0.2, 0.25) is 0 Å². The zero-order valence-corrected chi connectivity index (χ0v) is 8.53. The number of nitrogens with zero attached hydrogens (tertiary/aromatic N) is 1. The van der Waals surface area contributed by atoms with Gasteiger partial charge in [-0.3, -0.25) is 9.59 Å². The SMILES string of the molecule is Cl.O=C(O)CCC(C(=O)O)c1ncc[nH]1. The number of aromatic nitrogens is 2. The van der Waals surface area contributed by atoms with Gasteiger partial charge in [-0.05, 0) is 6.42 Å². The van der Waals surface area contributed by atoms with Gasteiger partial charge in [0, 0.05) is 18.8 Å². The lowest BCUT2D eigenvalue weighted by molar-refractivity contribution is -0.140. The van der Waals surface area contributed by atoms with Crippen LogP contribution in [0.3, 0.4) is 0 Å². The van der Waals surface area contributed by atoms with Gasteiger partial charge in [0.2, 0.25) is 0 Å². The van der Waals surface area contributed by atoms with Crippen molar-refractivity contribution in [2.24, 2.45) is 0 Å². The molecule has 0 aromatic carbocycles. The Morgan fingerprint density at radius 3 is 2.53 bits per heavy atom. The van der Waals surface area contributed by atoms with Crippen LogP contribution in [0, 0.1) is 0 Å². The van der Waals surface area contributed by atoms with Gasteiger partial charge in [0.05, 0.1) is 0 Å². The van der Waals surface area contributed by atoms with Gasteiger partial charge >= 0.3 is 11.9 Å². The molecule has 1 heterocycles. The molecule has 1 atom stereocenters. The van der Waals surface area contributed by atoms with E-state index in [9.17, 15) is 9.59 Å². The van der Waals surface area contributed by atoms with E-state index >= 15 is 0 Å². The van der Waals surface area contributed by atoms with Crippen LogP contribution in [0.25, 0.3) is 0 Å². The number of carboxylic acid groups (broad SMARTS) is 2. The number of aromatic amines is 1. The lowest BCUT2D eigenvalue weighted by Gasteiger charge is -2.06. The molecular formula is C8H11ClN2O4. The Morgan fingerprint density at radius 1 is 1.47 bits per heavy atom. The van der Waals surface area contributed by atoms with Crippen LogP contribution in [-0.2, 0) is 9.59 Å². The summed E-state index contributed by atoms with van der Waals surface area (Å²) in [5.74, 6) is -2.66. The third-order valence-corrected chi connectivity index (χ3v) is 1.79. The summed E-state index contributed by atoms with van der Waals surface area (Å²) in [6, 6.07) is 0. The molecular weight excluding hydrogens is 224 g/mol. The predicted molar refractivity (Wildman–Crippen MR) is 53.1 cm³/mol. The smallest absolute Gasteiger partial charge is 0.314 e. The Kier molecular flexibility index (Phi) is 5.40. The lowest BCUT2D eigenvalue weighted by atomic mass is 10.0. The van der Waals surface area contributed by atoms with Crippen LogP contribution in [0.5, 0.6) is 0 Å². The van der Waals surface area contributed by atoms with Crippen LogP contribution in [-0.4, -0.2) is 32.1 Å². The quantitative estimate of drug-likeness (QED) is 0.701. The van der Waals surface area contributed by atoms with E-state index in [4.69, 9.17) is 10.2 Å². The Labute approximate surface area is 91.7 Å². The van der Waals surface area contributed by atoms with Crippen molar-refractivity contribution in [2.45, 2.75) is 18.8 Å². The molecule has 0 aliphatic heterocycles.